The van der Waals surface area contributed by atoms with Gasteiger partial charge in [0.05, 0.1) is 0 Å². The minimum atomic E-state index is 0.265. The molecule has 0 unspecified atom stereocenters. The van der Waals surface area contributed by atoms with E-state index in [1.54, 1.807) is 12.1 Å². The Hall–Kier alpha value is -3.30. The van der Waals surface area contributed by atoms with Crippen LogP contribution in [0.1, 0.15) is 42.5 Å². The summed E-state index contributed by atoms with van der Waals surface area (Å²) in [7, 11) is 4.08. The van der Waals surface area contributed by atoms with Crippen molar-refractivity contribution in [3.63, 3.8) is 0 Å². The number of phenolic OH excluding ortho intramolecular Hbond substituents is 1. The maximum Gasteiger partial charge on any atom is 0.119 e. The number of rotatable bonds is 9. The Morgan fingerprint density at radius 1 is 0.812 bits per heavy atom. The SMILES string of the molecule is C=C(C)c1ccc(/C(CC)=C(/c2ccc(O)cc2)c2ccc(OCCN(C)C)cc2)cc1. The third-order valence-corrected chi connectivity index (χ3v) is 5.49. The van der Waals surface area contributed by atoms with Gasteiger partial charge >= 0.3 is 0 Å². The molecule has 0 amide bonds. The summed E-state index contributed by atoms with van der Waals surface area (Å²) in [4.78, 5) is 2.10. The zero-order chi connectivity index (χ0) is 23.1. The summed E-state index contributed by atoms with van der Waals surface area (Å²) >= 11 is 0. The molecular formula is C29H33NO2. The second-order valence-corrected chi connectivity index (χ2v) is 8.29. The van der Waals surface area contributed by atoms with Crippen molar-refractivity contribution in [2.24, 2.45) is 0 Å². The number of hydrogen-bond acceptors (Lipinski definition) is 3. The van der Waals surface area contributed by atoms with Crippen LogP contribution in [0, 0.1) is 0 Å². The zero-order valence-corrected chi connectivity index (χ0v) is 19.6. The lowest BCUT2D eigenvalue weighted by molar-refractivity contribution is 0.261. The van der Waals surface area contributed by atoms with E-state index in [-0.39, 0.29) is 5.75 Å². The van der Waals surface area contributed by atoms with Crippen molar-refractivity contribution >= 4 is 16.7 Å². The van der Waals surface area contributed by atoms with Crippen LogP contribution in [0.25, 0.3) is 16.7 Å². The van der Waals surface area contributed by atoms with Crippen LogP contribution >= 0.6 is 0 Å². The fraction of sp³-hybridized carbons (Fsp3) is 0.241. The first-order valence-corrected chi connectivity index (χ1v) is 11.1. The molecule has 0 aliphatic rings. The number of nitrogens with zero attached hydrogens (tertiary/aromatic N) is 1. The molecule has 0 saturated carbocycles. The lowest BCUT2D eigenvalue weighted by Crippen LogP contribution is -2.19. The van der Waals surface area contributed by atoms with E-state index < -0.39 is 0 Å². The lowest BCUT2D eigenvalue weighted by Gasteiger charge is -2.17. The number of phenols is 1. The molecule has 0 fully saturated rings. The van der Waals surface area contributed by atoms with Crippen molar-refractivity contribution in [1.29, 1.82) is 0 Å². The highest BCUT2D eigenvalue weighted by Crippen LogP contribution is 2.36. The predicted octanol–water partition coefficient (Wildman–Crippen LogP) is 6.73. The van der Waals surface area contributed by atoms with Gasteiger partial charge in [-0.2, -0.15) is 0 Å². The highest BCUT2D eigenvalue weighted by molar-refractivity contribution is 5.98. The van der Waals surface area contributed by atoms with Gasteiger partial charge in [0.25, 0.3) is 0 Å². The Balaban J connectivity index is 2.05. The van der Waals surface area contributed by atoms with Gasteiger partial charge < -0.3 is 14.7 Å². The molecule has 3 aromatic carbocycles. The number of aromatic hydroxyl groups is 1. The van der Waals surface area contributed by atoms with Crippen LogP contribution in [0.3, 0.4) is 0 Å². The molecular weight excluding hydrogens is 394 g/mol. The van der Waals surface area contributed by atoms with Crippen molar-refractivity contribution in [1.82, 2.24) is 4.90 Å². The Morgan fingerprint density at radius 2 is 1.31 bits per heavy atom. The highest BCUT2D eigenvalue weighted by atomic mass is 16.5. The van der Waals surface area contributed by atoms with Crippen molar-refractivity contribution in [3.8, 4) is 11.5 Å². The molecule has 0 radical (unpaired) electrons. The van der Waals surface area contributed by atoms with Crippen molar-refractivity contribution in [2.75, 3.05) is 27.2 Å². The van der Waals surface area contributed by atoms with Gasteiger partial charge in [0.1, 0.15) is 18.1 Å². The van der Waals surface area contributed by atoms with E-state index in [0.29, 0.717) is 6.61 Å². The molecule has 3 aromatic rings. The third-order valence-electron chi connectivity index (χ3n) is 5.49. The largest absolute Gasteiger partial charge is 0.508 e. The molecule has 0 aliphatic heterocycles. The zero-order valence-electron chi connectivity index (χ0n) is 19.6. The first kappa shape index (κ1) is 23.4. The first-order chi connectivity index (χ1) is 15.4. The Bertz CT molecular complexity index is 1060. The van der Waals surface area contributed by atoms with Crippen LogP contribution in [0.4, 0.5) is 0 Å². The molecule has 3 heteroatoms. The van der Waals surface area contributed by atoms with E-state index >= 15 is 0 Å². The fourth-order valence-electron chi connectivity index (χ4n) is 3.69. The van der Waals surface area contributed by atoms with Gasteiger partial charge in [0.15, 0.2) is 0 Å². The Kier molecular flexibility index (Phi) is 7.91. The maximum absolute atomic E-state index is 9.82. The minimum absolute atomic E-state index is 0.265. The number of benzene rings is 3. The minimum Gasteiger partial charge on any atom is -0.508 e. The van der Waals surface area contributed by atoms with Gasteiger partial charge in [-0.15, -0.1) is 0 Å². The van der Waals surface area contributed by atoms with Gasteiger partial charge in [-0.25, -0.2) is 0 Å². The van der Waals surface area contributed by atoms with Gasteiger partial charge in [-0.05, 0) is 85.1 Å². The summed E-state index contributed by atoms with van der Waals surface area (Å²) in [5.41, 5.74) is 8.01. The van der Waals surface area contributed by atoms with E-state index in [1.807, 2.05) is 45.3 Å². The summed E-state index contributed by atoms with van der Waals surface area (Å²) in [6, 6.07) is 24.3. The van der Waals surface area contributed by atoms with Crippen molar-refractivity contribution in [2.45, 2.75) is 20.3 Å². The smallest absolute Gasteiger partial charge is 0.119 e. The quantitative estimate of drug-likeness (QED) is 0.384. The van der Waals surface area contributed by atoms with Crippen LogP contribution in [0.15, 0.2) is 79.4 Å². The summed E-state index contributed by atoms with van der Waals surface area (Å²) in [6.07, 6.45) is 0.879. The topological polar surface area (TPSA) is 32.7 Å². The highest BCUT2D eigenvalue weighted by Gasteiger charge is 2.14. The van der Waals surface area contributed by atoms with Crippen LogP contribution in [0.5, 0.6) is 11.5 Å². The van der Waals surface area contributed by atoms with Gasteiger partial charge in [0.2, 0.25) is 0 Å². The molecule has 0 aromatic heterocycles. The second-order valence-electron chi connectivity index (χ2n) is 8.29. The summed E-state index contributed by atoms with van der Waals surface area (Å²) in [5, 5.41) is 9.82. The van der Waals surface area contributed by atoms with Gasteiger partial charge in [-0.1, -0.05) is 67.6 Å². The molecule has 0 aliphatic carbocycles. The molecule has 0 saturated heterocycles. The molecule has 0 bridgehead atoms. The summed E-state index contributed by atoms with van der Waals surface area (Å²) in [5.74, 6) is 1.13. The molecule has 166 valence electrons. The predicted molar refractivity (Wildman–Crippen MR) is 136 cm³/mol. The number of allylic oxidation sites excluding steroid dienone is 2. The average molecular weight is 428 g/mol. The normalized spacial score (nSPS) is 11.9. The summed E-state index contributed by atoms with van der Waals surface area (Å²) in [6.45, 7) is 9.78. The molecule has 0 heterocycles. The average Bonchev–Trinajstić information content (AvgIpc) is 2.79. The molecule has 0 spiro atoms. The summed E-state index contributed by atoms with van der Waals surface area (Å²) < 4.78 is 5.88. The van der Waals surface area contributed by atoms with Crippen LogP contribution in [-0.4, -0.2) is 37.3 Å². The van der Waals surface area contributed by atoms with Crippen LogP contribution < -0.4 is 4.74 Å². The fourth-order valence-corrected chi connectivity index (χ4v) is 3.69. The lowest BCUT2D eigenvalue weighted by atomic mass is 9.87. The van der Waals surface area contributed by atoms with Gasteiger partial charge in [0, 0.05) is 6.54 Å². The van der Waals surface area contributed by atoms with E-state index in [4.69, 9.17) is 4.74 Å². The molecule has 32 heavy (non-hydrogen) atoms. The first-order valence-electron chi connectivity index (χ1n) is 11.1. The Labute approximate surface area is 192 Å². The van der Waals surface area contributed by atoms with Crippen LogP contribution in [-0.2, 0) is 0 Å². The monoisotopic (exact) mass is 427 g/mol. The number of hydrogen-bond donors (Lipinski definition) is 1. The third kappa shape index (κ3) is 5.89. The number of ether oxygens (including phenoxy) is 1. The van der Waals surface area contributed by atoms with E-state index in [1.165, 1.54) is 11.1 Å². The van der Waals surface area contributed by atoms with Crippen LogP contribution in [0.2, 0.25) is 0 Å². The van der Waals surface area contributed by atoms with Crippen molar-refractivity contribution < 1.29 is 9.84 Å². The molecule has 3 nitrogen and oxygen atoms in total. The van der Waals surface area contributed by atoms with E-state index in [9.17, 15) is 5.11 Å². The molecule has 3 rings (SSSR count). The Morgan fingerprint density at radius 3 is 1.81 bits per heavy atom. The van der Waals surface area contributed by atoms with Gasteiger partial charge in [-0.3, -0.25) is 0 Å². The maximum atomic E-state index is 9.82. The molecule has 1 N–H and O–H groups in total. The molecule has 0 atom stereocenters. The standard InChI is InChI=1S/C29H33NO2/c1-6-28(23-9-7-22(8-10-23)21(2)3)29(24-11-15-26(31)16-12-24)25-13-17-27(18-14-25)32-20-19-30(4)5/h7-18,31H,2,6,19-20H2,1,3-5H3/b29-28-. The number of likely N-dealkylation sites (N-methyl/N-ethyl adjacent to an activating group) is 1. The second kappa shape index (κ2) is 10.8. The van der Waals surface area contributed by atoms with Crippen molar-refractivity contribution in [3.05, 3.63) is 102 Å². The van der Waals surface area contributed by atoms with E-state index in [0.717, 1.165) is 46.6 Å². The van der Waals surface area contributed by atoms with E-state index in [2.05, 4.69) is 54.8 Å².